The molecule has 0 radical (unpaired) electrons. The second kappa shape index (κ2) is 6.96. The number of hydrogen-bond acceptors (Lipinski definition) is 3. The molecule has 1 heterocycles. The summed E-state index contributed by atoms with van der Waals surface area (Å²) in [6, 6.07) is 18.1. The molecule has 1 aromatic heterocycles. The van der Waals surface area contributed by atoms with Gasteiger partial charge in [-0.15, -0.1) is 0 Å². The minimum Gasteiger partial charge on any atom is -0.273 e. The van der Waals surface area contributed by atoms with Gasteiger partial charge in [0.25, 0.3) is 0 Å². The van der Waals surface area contributed by atoms with Gasteiger partial charge in [0.2, 0.25) is 5.91 Å². The van der Waals surface area contributed by atoms with Gasteiger partial charge in [0.1, 0.15) is 5.69 Å². The van der Waals surface area contributed by atoms with E-state index in [1.165, 1.54) is 5.56 Å². The van der Waals surface area contributed by atoms with Gasteiger partial charge in [-0.3, -0.25) is 4.79 Å². The van der Waals surface area contributed by atoms with E-state index in [-0.39, 0.29) is 11.8 Å². The molecule has 1 aliphatic rings. The average molecular weight is 344 g/mol. The fraction of sp³-hybridized carbons (Fsp3) is 0.190. The highest BCUT2D eigenvalue weighted by molar-refractivity contribution is 5.90. The molecular weight excluding hydrogens is 324 g/mol. The van der Waals surface area contributed by atoms with E-state index in [0.29, 0.717) is 0 Å². The maximum Gasteiger partial charge on any atom is 0.243 e. The van der Waals surface area contributed by atoms with Gasteiger partial charge in [-0.1, -0.05) is 42.0 Å². The predicted octanol–water partition coefficient (Wildman–Crippen LogP) is 3.71. The van der Waals surface area contributed by atoms with Gasteiger partial charge >= 0.3 is 0 Å². The van der Waals surface area contributed by atoms with Crippen molar-refractivity contribution in [3.05, 3.63) is 71.9 Å². The first kappa shape index (κ1) is 16.3. The number of aryl methyl sites for hydroxylation is 1. The lowest BCUT2D eigenvalue weighted by molar-refractivity contribution is -0.122. The number of rotatable bonds is 5. The van der Waals surface area contributed by atoms with Crippen molar-refractivity contribution in [3.8, 4) is 16.9 Å². The monoisotopic (exact) mass is 344 g/mol. The van der Waals surface area contributed by atoms with Gasteiger partial charge in [0.05, 0.1) is 11.9 Å². The highest BCUT2D eigenvalue weighted by Crippen LogP contribution is 2.28. The number of hydrogen-bond donors (Lipinski definition) is 1. The molecule has 4 rings (SSSR count). The third-order valence-corrected chi connectivity index (χ3v) is 4.38. The molecular formula is C21H20N4O. The second-order valence-corrected chi connectivity index (χ2v) is 6.59. The highest BCUT2D eigenvalue weighted by atomic mass is 16.2. The summed E-state index contributed by atoms with van der Waals surface area (Å²) in [4.78, 5) is 11.8. The first-order valence-electron chi connectivity index (χ1n) is 8.76. The highest BCUT2D eigenvalue weighted by Gasteiger charge is 2.29. The number of benzene rings is 2. The van der Waals surface area contributed by atoms with Crippen molar-refractivity contribution >= 4 is 12.1 Å². The summed E-state index contributed by atoms with van der Waals surface area (Å²) in [6.45, 7) is 2.06. The Bertz CT molecular complexity index is 955. The summed E-state index contributed by atoms with van der Waals surface area (Å²) in [5, 5.41) is 8.89. The van der Waals surface area contributed by atoms with Gasteiger partial charge in [-0.25, -0.2) is 10.1 Å². The van der Waals surface area contributed by atoms with Crippen molar-refractivity contribution in [2.24, 2.45) is 11.0 Å². The van der Waals surface area contributed by atoms with E-state index in [4.69, 9.17) is 5.10 Å². The number of hydrazone groups is 1. The van der Waals surface area contributed by atoms with Crippen molar-refractivity contribution < 1.29 is 4.79 Å². The number of carbonyl (C=O) groups excluding carboxylic acids is 1. The van der Waals surface area contributed by atoms with Crippen LogP contribution in [0, 0.1) is 12.8 Å². The fourth-order valence-corrected chi connectivity index (χ4v) is 2.81. The Labute approximate surface area is 152 Å². The fourth-order valence-electron chi connectivity index (χ4n) is 2.81. The third kappa shape index (κ3) is 3.57. The molecule has 0 atom stereocenters. The summed E-state index contributed by atoms with van der Waals surface area (Å²) in [6.07, 6.45) is 5.52. The lowest BCUT2D eigenvalue weighted by Gasteiger charge is -2.01. The summed E-state index contributed by atoms with van der Waals surface area (Å²) in [7, 11) is 0. The van der Waals surface area contributed by atoms with Crippen LogP contribution in [0.4, 0.5) is 0 Å². The molecule has 130 valence electrons. The zero-order valence-electron chi connectivity index (χ0n) is 14.6. The molecule has 0 aliphatic heterocycles. The maximum absolute atomic E-state index is 11.8. The van der Waals surface area contributed by atoms with Crippen LogP contribution >= 0.6 is 0 Å². The molecule has 26 heavy (non-hydrogen) atoms. The Morgan fingerprint density at radius 1 is 1.19 bits per heavy atom. The summed E-state index contributed by atoms with van der Waals surface area (Å²) in [5.74, 6) is 0.129. The third-order valence-electron chi connectivity index (χ3n) is 4.38. The minimum absolute atomic E-state index is 0.00573. The molecule has 0 spiro atoms. The Morgan fingerprint density at radius 3 is 2.73 bits per heavy atom. The molecule has 2 aromatic carbocycles. The zero-order chi connectivity index (χ0) is 17.9. The normalized spacial score (nSPS) is 13.9. The first-order chi connectivity index (χ1) is 12.7. The van der Waals surface area contributed by atoms with Crippen molar-refractivity contribution in [1.29, 1.82) is 0 Å². The van der Waals surface area contributed by atoms with E-state index in [2.05, 4.69) is 29.6 Å². The molecule has 0 bridgehead atoms. The van der Waals surface area contributed by atoms with Crippen LogP contribution in [0.3, 0.4) is 0 Å². The number of amides is 1. The van der Waals surface area contributed by atoms with Crippen molar-refractivity contribution in [1.82, 2.24) is 15.2 Å². The molecule has 1 fully saturated rings. The van der Waals surface area contributed by atoms with Crippen molar-refractivity contribution in [3.63, 3.8) is 0 Å². The summed E-state index contributed by atoms with van der Waals surface area (Å²) < 4.78 is 1.84. The van der Waals surface area contributed by atoms with E-state index in [1.54, 1.807) is 6.21 Å². The maximum atomic E-state index is 11.8. The lowest BCUT2D eigenvalue weighted by Crippen LogP contribution is -2.18. The first-order valence-corrected chi connectivity index (χ1v) is 8.76. The van der Waals surface area contributed by atoms with Gasteiger partial charge in [-0.05, 0) is 38.0 Å². The van der Waals surface area contributed by atoms with Crippen LogP contribution in [-0.4, -0.2) is 21.9 Å². The molecule has 1 aliphatic carbocycles. The van der Waals surface area contributed by atoms with E-state index in [9.17, 15) is 4.79 Å². The van der Waals surface area contributed by atoms with Crippen LogP contribution in [0.15, 0.2) is 65.9 Å². The second-order valence-electron chi connectivity index (χ2n) is 6.59. The van der Waals surface area contributed by atoms with E-state index in [1.807, 2.05) is 53.3 Å². The number of nitrogens with zero attached hydrogens (tertiary/aromatic N) is 3. The van der Waals surface area contributed by atoms with E-state index >= 15 is 0 Å². The Kier molecular flexibility index (Phi) is 4.35. The molecule has 5 nitrogen and oxygen atoms in total. The smallest absolute Gasteiger partial charge is 0.243 e. The molecule has 1 N–H and O–H groups in total. The Hall–Kier alpha value is -3.21. The van der Waals surface area contributed by atoms with Crippen LogP contribution in [0.25, 0.3) is 16.9 Å². The number of nitrogens with one attached hydrogen (secondary N) is 1. The van der Waals surface area contributed by atoms with Crippen LogP contribution in [0.2, 0.25) is 0 Å². The molecule has 0 unspecified atom stereocenters. The largest absolute Gasteiger partial charge is 0.273 e. The number of carbonyl (C=O) groups is 1. The van der Waals surface area contributed by atoms with E-state index < -0.39 is 0 Å². The number of aromatic nitrogens is 2. The molecule has 3 aromatic rings. The van der Waals surface area contributed by atoms with Crippen LogP contribution < -0.4 is 5.43 Å². The summed E-state index contributed by atoms with van der Waals surface area (Å²) in [5.41, 5.74) is 7.48. The SMILES string of the molecule is Cc1cccc(-c2nn(-c3ccccc3)cc2/C=N\NC(=O)C2CC2)c1. The van der Waals surface area contributed by atoms with Crippen LogP contribution in [-0.2, 0) is 4.79 Å². The van der Waals surface area contributed by atoms with Crippen molar-refractivity contribution in [2.75, 3.05) is 0 Å². The summed E-state index contributed by atoms with van der Waals surface area (Å²) >= 11 is 0. The molecule has 5 heteroatoms. The van der Waals surface area contributed by atoms with Gasteiger partial charge in [0, 0.05) is 23.2 Å². The molecule has 1 saturated carbocycles. The van der Waals surface area contributed by atoms with Crippen LogP contribution in [0.1, 0.15) is 24.0 Å². The average Bonchev–Trinajstić information content (AvgIpc) is 3.43. The molecule has 0 saturated heterocycles. The zero-order valence-corrected chi connectivity index (χ0v) is 14.6. The lowest BCUT2D eigenvalue weighted by atomic mass is 10.1. The van der Waals surface area contributed by atoms with E-state index in [0.717, 1.165) is 35.3 Å². The number of para-hydroxylation sites is 1. The van der Waals surface area contributed by atoms with Gasteiger partial charge in [0.15, 0.2) is 0 Å². The predicted molar refractivity (Wildman–Crippen MR) is 102 cm³/mol. The Morgan fingerprint density at radius 2 is 2.00 bits per heavy atom. The standard InChI is InChI=1S/C21H20N4O/c1-15-6-5-7-17(12-15)20-18(13-22-23-21(26)16-10-11-16)14-25(24-20)19-8-3-2-4-9-19/h2-9,12-14,16H,10-11H2,1H3,(H,23,26)/b22-13-. The van der Waals surface area contributed by atoms with Gasteiger partial charge < -0.3 is 0 Å². The Balaban J connectivity index is 1.69. The van der Waals surface area contributed by atoms with Gasteiger partial charge in [-0.2, -0.15) is 10.2 Å². The minimum atomic E-state index is -0.00573. The topological polar surface area (TPSA) is 59.3 Å². The molecule has 1 amide bonds. The quantitative estimate of drug-likeness (QED) is 0.567. The van der Waals surface area contributed by atoms with Crippen LogP contribution in [0.5, 0.6) is 0 Å². The van der Waals surface area contributed by atoms with Crippen molar-refractivity contribution in [2.45, 2.75) is 19.8 Å².